The molecule has 180 valence electrons. The van der Waals surface area contributed by atoms with Crippen molar-refractivity contribution in [2.24, 2.45) is 5.10 Å². The lowest BCUT2D eigenvalue weighted by Crippen LogP contribution is -2.27. The number of nitrogens with zero attached hydrogens (tertiary/aromatic N) is 3. The number of halogens is 1. The molecule has 0 aliphatic carbocycles. The maximum atomic E-state index is 14.9. The van der Waals surface area contributed by atoms with Gasteiger partial charge in [0.25, 0.3) is 5.91 Å². The van der Waals surface area contributed by atoms with E-state index < -0.39 is 11.9 Å². The van der Waals surface area contributed by atoms with Crippen molar-refractivity contribution in [3.05, 3.63) is 106 Å². The van der Waals surface area contributed by atoms with Gasteiger partial charge in [0.15, 0.2) is 0 Å². The fraction of sp³-hybridized carbons (Fsp3) is 0.179. The lowest BCUT2D eigenvalue weighted by Gasteiger charge is -2.22. The molecule has 2 aromatic heterocycles. The van der Waals surface area contributed by atoms with E-state index in [-0.39, 0.29) is 23.6 Å². The smallest absolute Gasteiger partial charge is 0.284 e. The van der Waals surface area contributed by atoms with Crippen molar-refractivity contribution in [3.8, 4) is 16.2 Å². The van der Waals surface area contributed by atoms with Gasteiger partial charge in [-0.3, -0.25) is 9.78 Å². The minimum absolute atomic E-state index is 0.0634. The summed E-state index contributed by atoms with van der Waals surface area (Å²) >= 11 is 1.40. The number of hydrogen-bond donors (Lipinski definition) is 2. The van der Waals surface area contributed by atoms with Crippen molar-refractivity contribution in [2.75, 3.05) is 6.54 Å². The number of phenolic OH excluding ortho intramolecular Hbond substituents is 1. The molecule has 0 spiro atoms. The van der Waals surface area contributed by atoms with Crippen LogP contribution >= 0.6 is 11.3 Å². The highest BCUT2D eigenvalue weighted by atomic mass is 32.1. The Morgan fingerprint density at radius 2 is 2.00 bits per heavy atom. The highest BCUT2D eigenvalue weighted by Gasteiger charge is 2.37. The van der Waals surface area contributed by atoms with E-state index in [1.54, 1.807) is 24.5 Å². The van der Waals surface area contributed by atoms with Gasteiger partial charge in [0.05, 0.1) is 22.2 Å². The maximum absolute atomic E-state index is 14.9. The number of amides is 1. The molecule has 2 aliphatic heterocycles. The van der Waals surface area contributed by atoms with Gasteiger partial charge >= 0.3 is 0 Å². The van der Waals surface area contributed by atoms with Crippen LogP contribution in [0.2, 0.25) is 0 Å². The first kappa shape index (κ1) is 22.6. The van der Waals surface area contributed by atoms with Crippen LogP contribution < -0.4 is 5.32 Å². The van der Waals surface area contributed by atoms with Gasteiger partial charge in [-0.2, -0.15) is 5.10 Å². The minimum atomic E-state index is -0.770. The summed E-state index contributed by atoms with van der Waals surface area (Å²) < 4.78 is 14.9. The Kier molecular flexibility index (Phi) is 5.83. The topological polar surface area (TPSA) is 77.8 Å². The Balaban J connectivity index is 1.38. The molecular formula is C28H23FN4O2S. The SMILES string of the molecule is O=C(c1ccc(-c2cccc3c2CNCC3)s1)N1N=C(c2cccnc2)CC1c1c(O)cccc1F. The minimum Gasteiger partial charge on any atom is -0.507 e. The van der Waals surface area contributed by atoms with Gasteiger partial charge in [0, 0.05) is 35.8 Å². The number of rotatable bonds is 4. The summed E-state index contributed by atoms with van der Waals surface area (Å²) in [5.74, 6) is -1.10. The van der Waals surface area contributed by atoms with Crippen molar-refractivity contribution in [1.82, 2.24) is 15.3 Å². The fourth-order valence-electron chi connectivity index (χ4n) is 4.94. The van der Waals surface area contributed by atoms with Gasteiger partial charge in [-0.1, -0.05) is 30.3 Å². The average molecular weight is 499 g/mol. The summed E-state index contributed by atoms with van der Waals surface area (Å²) in [5.41, 5.74) is 5.14. The number of phenols is 1. The summed E-state index contributed by atoms with van der Waals surface area (Å²) in [6, 6.07) is 17.1. The number of aromatic nitrogens is 1. The maximum Gasteiger partial charge on any atom is 0.284 e. The molecule has 2 aliphatic rings. The van der Waals surface area contributed by atoms with Crippen LogP contribution in [0.3, 0.4) is 0 Å². The van der Waals surface area contributed by atoms with Crippen LogP contribution in [0.5, 0.6) is 5.75 Å². The third-order valence-corrected chi connectivity index (χ3v) is 7.81. The summed E-state index contributed by atoms with van der Waals surface area (Å²) in [5, 5.41) is 19.8. The van der Waals surface area contributed by atoms with Gasteiger partial charge < -0.3 is 10.4 Å². The Labute approximate surface area is 211 Å². The number of aromatic hydroxyl groups is 1. The Morgan fingerprint density at radius 3 is 2.83 bits per heavy atom. The Morgan fingerprint density at radius 1 is 1.11 bits per heavy atom. The first-order chi connectivity index (χ1) is 17.6. The van der Waals surface area contributed by atoms with Crippen LogP contribution in [-0.4, -0.2) is 33.3 Å². The molecule has 4 aromatic rings. The van der Waals surface area contributed by atoms with Crippen molar-refractivity contribution < 1.29 is 14.3 Å². The quantitative estimate of drug-likeness (QED) is 0.401. The van der Waals surface area contributed by atoms with E-state index in [0.717, 1.165) is 35.5 Å². The van der Waals surface area contributed by atoms with Crippen molar-refractivity contribution >= 4 is 23.0 Å². The zero-order valence-electron chi connectivity index (χ0n) is 19.3. The number of carbonyl (C=O) groups is 1. The zero-order chi connectivity index (χ0) is 24.6. The van der Waals surface area contributed by atoms with Crippen LogP contribution in [0, 0.1) is 5.82 Å². The summed E-state index contributed by atoms with van der Waals surface area (Å²) in [4.78, 5) is 19.4. The fourth-order valence-corrected chi connectivity index (χ4v) is 5.93. The van der Waals surface area contributed by atoms with E-state index in [9.17, 15) is 14.3 Å². The van der Waals surface area contributed by atoms with E-state index in [1.165, 1.54) is 45.7 Å². The third kappa shape index (κ3) is 3.98. The monoisotopic (exact) mass is 498 g/mol. The standard InChI is InChI=1S/C28H23FN4O2S/c29-21-7-2-8-24(34)27(21)23-14-22(18-5-3-12-30-15-18)32-33(23)28(35)26-10-9-25(36-26)19-6-1-4-17-11-13-31-16-20(17)19/h1-10,12,15,23,31,34H,11,13-14,16H2. The van der Waals surface area contributed by atoms with Gasteiger partial charge in [-0.05, 0) is 60.0 Å². The summed E-state index contributed by atoms with van der Waals surface area (Å²) in [7, 11) is 0. The molecule has 1 amide bonds. The molecule has 1 atom stereocenters. The van der Waals surface area contributed by atoms with E-state index >= 15 is 0 Å². The van der Waals surface area contributed by atoms with Gasteiger partial charge in [0.2, 0.25) is 0 Å². The Bertz CT molecular complexity index is 1460. The van der Waals surface area contributed by atoms with Crippen LogP contribution in [0.1, 0.15) is 44.4 Å². The number of hydrogen-bond acceptors (Lipinski definition) is 6. The molecule has 2 aromatic carbocycles. The molecule has 0 saturated heterocycles. The molecule has 36 heavy (non-hydrogen) atoms. The number of fused-ring (bicyclic) bond motifs is 1. The van der Waals surface area contributed by atoms with Crippen LogP contribution in [-0.2, 0) is 13.0 Å². The molecule has 0 fully saturated rings. The number of benzene rings is 2. The molecule has 0 bridgehead atoms. The average Bonchev–Trinajstić information content (AvgIpc) is 3.57. The number of pyridine rings is 1. The molecule has 0 saturated carbocycles. The highest BCUT2D eigenvalue weighted by molar-refractivity contribution is 7.17. The lowest BCUT2D eigenvalue weighted by atomic mass is 9.95. The summed E-state index contributed by atoms with van der Waals surface area (Å²) in [6.45, 7) is 1.76. The Hall–Kier alpha value is -3.88. The molecule has 6 rings (SSSR count). The second kappa shape index (κ2) is 9.29. The largest absolute Gasteiger partial charge is 0.507 e. The third-order valence-electron chi connectivity index (χ3n) is 6.70. The number of thiophene rings is 1. The zero-order valence-corrected chi connectivity index (χ0v) is 20.1. The molecule has 1 unspecified atom stereocenters. The highest BCUT2D eigenvalue weighted by Crippen LogP contribution is 2.41. The molecule has 8 heteroatoms. The summed E-state index contributed by atoms with van der Waals surface area (Å²) in [6.07, 6.45) is 4.57. The van der Waals surface area contributed by atoms with E-state index in [1.807, 2.05) is 12.1 Å². The van der Waals surface area contributed by atoms with Gasteiger partial charge in [0.1, 0.15) is 11.6 Å². The molecule has 2 N–H and O–H groups in total. The number of nitrogens with one attached hydrogen (secondary N) is 1. The van der Waals surface area contributed by atoms with Crippen LogP contribution in [0.25, 0.3) is 10.4 Å². The lowest BCUT2D eigenvalue weighted by molar-refractivity contribution is 0.0712. The van der Waals surface area contributed by atoms with E-state index in [0.29, 0.717) is 10.6 Å². The van der Waals surface area contributed by atoms with Crippen molar-refractivity contribution in [1.29, 1.82) is 0 Å². The molecule has 6 nitrogen and oxygen atoms in total. The predicted molar refractivity (Wildman–Crippen MR) is 138 cm³/mol. The normalized spacial score (nSPS) is 17.1. The van der Waals surface area contributed by atoms with Crippen LogP contribution in [0.15, 0.2) is 78.2 Å². The second-order valence-electron chi connectivity index (χ2n) is 8.86. The van der Waals surface area contributed by atoms with Crippen molar-refractivity contribution in [2.45, 2.75) is 25.4 Å². The first-order valence-electron chi connectivity index (χ1n) is 11.8. The number of hydrazone groups is 1. The van der Waals surface area contributed by atoms with Crippen molar-refractivity contribution in [3.63, 3.8) is 0 Å². The number of carbonyl (C=O) groups excluding carboxylic acids is 1. The van der Waals surface area contributed by atoms with E-state index in [2.05, 4.69) is 33.6 Å². The van der Waals surface area contributed by atoms with Gasteiger partial charge in [-0.15, -0.1) is 11.3 Å². The molecule has 4 heterocycles. The van der Waals surface area contributed by atoms with Crippen LogP contribution in [0.4, 0.5) is 4.39 Å². The molecular weight excluding hydrogens is 475 g/mol. The second-order valence-corrected chi connectivity index (χ2v) is 9.95. The molecule has 0 radical (unpaired) electrons. The van der Waals surface area contributed by atoms with E-state index in [4.69, 9.17) is 0 Å². The van der Waals surface area contributed by atoms with Gasteiger partial charge in [-0.25, -0.2) is 9.40 Å². The predicted octanol–water partition coefficient (Wildman–Crippen LogP) is 5.29. The first-order valence-corrected chi connectivity index (χ1v) is 12.6.